The summed E-state index contributed by atoms with van der Waals surface area (Å²) >= 11 is 0. The molecule has 0 aliphatic heterocycles. The normalized spacial score (nSPS) is 12.7. The van der Waals surface area contributed by atoms with Gasteiger partial charge in [0.2, 0.25) is 0 Å². The van der Waals surface area contributed by atoms with Gasteiger partial charge in [0.05, 0.1) is 6.10 Å². The molecule has 0 saturated heterocycles. The first-order valence-corrected chi connectivity index (χ1v) is 7.27. The van der Waals surface area contributed by atoms with Crippen LogP contribution in [0.2, 0.25) is 0 Å². The molecule has 0 fully saturated rings. The van der Waals surface area contributed by atoms with Crippen molar-refractivity contribution in [2.24, 2.45) is 0 Å². The molecular weight excluding hydrogens is 222 g/mol. The molecule has 102 valence electrons. The van der Waals surface area contributed by atoms with Gasteiger partial charge in [-0.25, -0.2) is 0 Å². The van der Waals surface area contributed by atoms with Crippen molar-refractivity contribution in [2.75, 3.05) is 0 Å². The Morgan fingerprint density at radius 1 is 1.06 bits per heavy atom. The van der Waals surface area contributed by atoms with Crippen LogP contribution in [0.5, 0.6) is 0 Å². The van der Waals surface area contributed by atoms with Crippen molar-refractivity contribution in [1.29, 1.82) is 0 Å². The second kappa shape index (κ2) is 8.25. The average molecular weight is 249 g/mol. The number of hydrogen-bond acceptors (Lipinski definition) is 2. The largest absolute Gasteiger partial charge is 0.388 e. The quantitative estimate of drug-likeness (QED) is 0.689. The Hall–Kier alpha value is -0.890. The van der Waals surface area contributed by atoms with Gasteiger partial charge in [-0.3, -0.25) is 4.98 Å². The van der Waals surface area contributed by atoms with E-state index in [1.165, 1.54) is 32.1 Å². The van der Waals surface area contributed by atoms with Gasteiger partial charge in [0.25, 0.3) is 0 Å². The van der Waals surface area contributed by atoms with Crippen LogP contribution < -0.4 is 0 Å². The molecule has 1 atom stereocenters. The summed E-state index contributed by atoms with van der Waals surface area (Å²) in [5.41, 5.74) is 2.98. The highest BCUT2D eigenvalue weighted by Gasteiger charge is 2.10. The van der Waals surface area contributed by atoms with Gasteiger partial charge in [-0.05, 0) is 26.3 Å². The molecule has 2 heteroatoms. The van der Waals surface area contributed by atoms with Gasteiger partial charge in [-0.1, -0.05) is 51.5 Å². The van der Waals surface area contributed by atoms with E-state index < -0.39 is 0 Å². The van der Waals surface area contributed by atoms with E-state index in [9.17, 15) is 5.11 Å². The van der Waals surface area contributed by atoms with Crippen LogP contribution in [0, 0.1) is 13.8 Å². The Balaban J connectivity index is 2.29. The fourth-order valence-electron chi connectivity index (χ4n) is 2.32. The van der Waals surface area contributed by atoms with Gasteiger partial charge in [-0.15, -0.1) is 0 Å². The molecule has 0 bridgehead atoms. The summed E-state index contributed by atoms with van der Waals surface area (Å²) in [5.74, 6) is 0. The fraction of sp³-hybridized carbons (Fsp3) is 0.688. The molecule has 1 heterocycles. The third-order valence-corrected chi connectivity index (χ3v) is 3.46. The number of aliphatic hydroxyl groups excluding tert-OH is 1. The Morgan fingerprint density at radius 2 is 1.72 bits per heavy atom. The van der Waals surface area contributed by atoms with Gasteiger partial charge >= 0.3 is 0 Å². The van der Waals surface area contributed by atoms with Crippen LogP contribution in [0.3, 0.4) is 0 Å². The lowest BCUT2D eigenvalue weighted by atomic mass is 10.0. The van der Waals surface area contributed by atoms with E-state index in [4.69, 9.17) is 0 Å². The maximum atomic E-state index is 10.2. The average Bonchev–Trinajstić information content (AvgIpc) is 2.33. The lowest BCUT2D eigenvalue weighted by Crippen LogP contribution is -2.02. The van der Waals surface area contributed by atoms with E-state index in [-0.39, 0.29) is 6.10 Å². The molecule has 0 aliphatic rings. The highest BCUT2D eigenvalue weighted by Crippen LogP contribution is 2.22. The van der Waals surface area contributed by atoms with Gasteiger partial charge in [0.1, 0.15) is 0 Å². The molecule has 0 radical (unpaired) electrons. The zero-order chi connectivity index (χ0) is 13.4. The summed E-state index contributed by atoms with van der Waals surface area (Å²) in [6.45, 7) is 6.20. The zero-order valence-electron chi connectivity index (χ0n) is 12.1. The number of hydrogen-bond donors (Lipinski definition) is 1. The standard InChI is InChI=1S/C16H27NO/c1-4-5-6-7-8-9-10-16(18)15-12-11-13(2)17-14(15)3/h11-12,16,18H,4-10H2,1-3H3. The zero-order valence-corrected chi connectivity index (χ0v) is 12.1. The predicted octanol–water partition coefficient (Wildman–Crippen LogP) is 4.48. The second-order valence-electron chi connectivity index (χ2n) is 5.20. The van der Waals surface area contributed by atoms with Crippen LogP contribution in [0.15, 0.2) is 12.1 Å². The highest BCUT2D eigenvalue weighted by molar-refractivity contribution is 5.23. The van der Waals surface area contributed by atoms with Gasteiger partial charge in [0, 0.05) is 17.0 Å². The molecule has 1 N–H and O–H groups in total. The van der Waals surface area contributed by atoms with E-state index >= 15 is 0 Å². The lowest BCUT2D eigenvalue weighted by Gasteiger charge is -2.13. The van der Waals surface area contributed by atoms with Crippen LogP contribution >= 0.6 is 0 Å². The minimum atomic E-state index is -0.343. The van der Waals surface area contributed by atoms with Crippen LogP contribution in [0.4, 0.5) is 0 Å². The van der Waals surface area contributed by atoms with E-state index in [1.54, 1.807) is 0 Å². The maximum absolute atomic E-state index is 10.2. The Labute approximate surface area is 111 Å². The number of pyridine rings is 1. The number of aryl methyl sites for hydroxylation is 2. The lowest BCUT2D eigenvalue weighted by molar-refractivity contribution is 0.162. The molecule has 18 heavy (non-hydrogen) atoms. The summed E-state index contributed by atoms with van der Waals surface area (Å²) < 4.78 is 0. The first-order chi connectivity index (χ1) is 8.65. The molecular formula is C16H27NO. The Morgan fingerprint density at radius 3 is 2.39 bits per heavy atom. The van der Waals surface area contributed by atoms with Gasteiger partial charge < -0.3 is 5.11 Å². The number of aliphatic hydroxyl groups is 1. The fourth-order valence-corrected chi connectivity index (χ4v) is 2.32. The van der Waals surface area contributed by atoms with Crippen molar-refractivity contribution in [1.82, 2.24) is 4.98 Å². The summed E-state index contributed by atoms with van der Waals surface area (Å²) in [6, 6.07) is 3.99. The molecule has 0 saturated carbocycles. The van der Waals surface area contributed by atoms with E-state index in [0.29, 0.717) is 0 Å². The Kier molecular flexibility index (Phi) is 6.96. The molecule has 1 unspecified atom stereocenters. The smallest absolute Gasteiger partial charge is 0.0807 e. The monoisotopic (exact) mass is 249 g/mol. The van der Waals surface area contributed by atoms with E-state index in [1.807, 2.05) is 26.0 Å². The van der Waals surface area contributed by atoms with Crippen molar-refractivity contribution in [2.45, 2.75) is 71.8 Å². The van der Waals surface area contributed by atoms with Crippen LogP contribution in [0.1, 0.15) is 74.9 Å². The third-order valence-electron chi connectivity index (χ3n) is 3.46. The van der Waals surface area contributed by atoms with Crippen molar-refractivity contribution in [3.05, 3.63) is 29.1 Å². The number of aromatic nitrogens is 1. The van der Waals surface area contributed by atoms with Crippen LogP contribution in [-0.2, 0) is 0 Å². The molecule has 1 rings (SSSR count). The van der Waals surface area contributed by atoms with Crippen LogP contribution in [-0.4, -0.2) is 10.1 Å². The summed E-state index contributed by atoms with van der Waals surface area (Å²) in [6.07, 6.45) is 8.11. The maximum Gasteiger partial charge on any atom is 0.0807 e. The van der Waals surface area contributed by atoms with Gasteiger partial charge in [0.15, 0.2) is 0 Å². The predicted molar refractivity (Wildman–Crippen MR) is 76.7 cm³/mol. The molecule has 1 aromatic rings. The molecule has 1 aromatic heterocycles. The molecule has 0 aromatic carbocycles. The first-order valence-electron chi connectivity index (χ1n) is 7.27. The van der Waals surface area contributed by atoms with E-state index in [0.717, 1.165) is 29.8 Å². The summed E-state index contributed by atoms with van der Waals surface area (Å²) in [7, 11) is 0. The van der Waals surface area contributed by atoms with E-state index in [2.05, 4.69) is 11.9 Å². The second-order valence-corrected chi connectivity index (χ2v) is 5.20. The third kappa shape index (κ3) is 5.18. The number of rotatable bonds is 8. The number of nitrogens with zero attached hydrogens (tertiary/aromatic N) is 1. The topological polar surface area (TPSA) is 33.1 Å². The molecule has 0 amide bonds. The van der Waals surface area contributed by atoms with Gasteiger partial charge in [-0.2, -0.15) is 0 Å². The van der Waals surface area contributed by atoms with Crippen molar-refractivity contribution < 1.29 is 5.11 Å². The van der Waals surface area contributed by atoms with Crippen LogP contribution in [0.25, 0.3) is 0 Å². The first kappa shape index (κ1) is 15.2. The van der Waals surface area contributed by atoms with Crippen molar-refractivity contribution in [3.8, 4) is 0 Å². The van der Waals surface area contributed by atoms with Crippen molar-refractivity contribution in [3.63, 3.8) is 0 Å². The number of unbranched alkanes of at least 4 members (excludes halogenated alkanes) is 5. The Bertz CT molecular complexity index is 349. The summed E-state index contributed by atoms with van der Waals surface area (Å²) in [5, 5.41) is 10.2. The minimum Gasteiger partial charge on any atom is -0.388 e. The molecule has 0 aliphatic carbocycles. The van der Waals surface area contributed by atoms with Crippen molar-refractivity contribution >= 4 is 0 Å². The highest BCUT2D eigenvalue weighted by atomic mass is 16.3. The summed E-state index contributed by atoms with van der Waals surface area (Å²) in [4.78, 5) is 4.40. The molecule has 0 spiro atoms. The molecule has 2 nitrogen and oxygen atoms in total. The SMILES string of the molecule is CCCCCCCCC(O)c1ccc(C)nc1C. The minimum absolute atomic E-state index is 0.343.